The SMILES string of the molecule is CC(=C(F)B1OC(C)(C)C(C)(C)O1)c1ccc(C#CCCCO)s1. The van der Waals surface area contributed by atoms with Crippen LogP contribution < -0.4 is 0 Å². The second kappa shape index (κ2) is 7.41. The van der Waals surface area contributed by atoms with Gasteiger partial charge >= 0.3 is 7.12 Å². The number of hydrogen-bond acceptors (Lipinski definition) is 4. The zero-order valence-corrected chi connectivity index (χ0v) is 15.7. The summed E-state index contributed by atoms with van der Waals surface area (Å²) in [5.74, 6) is 6.04. The Kier molecular flexibility index (Phi) is 5.93. The molecular formula is C18H24BFO3S. The van der Waals surface area contributed by atoms with Gasteiger partial charge in [-0.3, -0.25) is 0 Å². The van der Waals surface area contributed by atoms with E-state index in [1.807, 2.05) is 39.8 Å². The molecule has 1 saturated heterocycles. The van der Waals surface area contributed by atoms with Crippen LogP contribution in [-0.4, -0.2) is 30.0 Å². The largest absolute Gasteiger partial charge is 0.525 e. The summed E-state index contributed by atoms with van der Waals surface area (Å²) in [5, 5.41) is 8.74. The number of thiophene rings is 1. The maximum Gasteiger partial charge on any atom is 0.525 e. The van der Waals surface area contributed by atoms with Gasteiger partial charge in [-0.15, -0.1) is 11.3 Å². The van der Waals surface area contributed by atoms with Gasteiger partial charge in [-0.05, 0) is 58.7 Å². The topological polar surface area (TPSA) is 38.7 Å². The smallest absolute Gasteiger partial charge is 0.398 e. The van der Waals surface area contributed by atoms with Crippen LogP contribution in [0.5, 0.6) is 0 Å². The molecule has 2 rings (SSSR count). The summed E-state index contributed by atoms with van der Waals surface area (Å²) in [5.41, 5.74) is -1.00. The lowest BCUT2D eigenvalue weighted by Crippen LogP contribution is -2.41. The van der Waals surface area contributed by atoms with E-state index in [2.05, 4.69) is 11.8 Å². The molecule has 0 aliphatic carbocycles. The molecule has 0 aromatic carbocycles. The van der Waals surface area contributed by atoms with Gasteiger partial charge in [0.2, 0.25) is 0 Å². The molecule has 1 N–H and O–H groups in total. The second-order valence-corrected chi connectivity index (χ2v) is 7.94. The Hall–Kier alpha value is -1.13. The summed E-state index contributed by atoms with van der Waals surface area (Å²) in [6.45, 7) is 9.49. The van der Waals surface area contributed by atoms with Crippen molar-refractivity contribution >= 4 is 24.0 Å². The van der Waals surface area contributed by atoms with Crippen LogP contribution in [0, 0.1) is 11.8 Å². The summed E-state index contributed by atoms with van der Waals surface area (Å²) in [4.78, 5) is 1.69. The number of hydrogen-bond donors (Lipinski definition) is 1. The maximum absolute atomic E-state index is 14.8. The van der Waals surface area contributed by atoms with Gasteiger partial charge in [0.1, 0.15) is 5.73 Å². The highest BCUT2D eigenvalue weighted by atomic mass is 32.1. The van der Waals surface area contributed by atoms with E-state index in [1.165, 1.54) is 11.3 Å². The molecule has 0 atom stereocenters. The van der Waals surface area contributed by atoms with Crippen molar-refractivity contribution < 1.29 is 18.8 Å². The van der Waals surface area contributed by atoms with Crippen molar-refractivity contribution in [3.05, 3.63) is 27.6 Å². The van der Waals surface area contributed by atoms with Crippen LogP contribution in [0.1, 0.15) is 57.2 Å². The first-order valence-corrected chi connectivity index (χ1v) is 8.91. The molecule has 6 heteroatoms. The summed E-state index contributed by atoms with van der Waals surface area (Å²) >= 11 is 1.44. The molecule has 0 unspecified atom stereocenters. The molecule has 1 aromatic rings. The quantitative estimate of drug-likeness (QED) is 0.502. The minimum Gasteiger partial charge on any atom is -0.398 e. The average molecular weight is 350 g/mol. The first-order chi connectivity index (χ1) is 11.2. The van der Waals surface area contributed by atoms with Crippen molar-refractivity contribution in [2.75, 3.05) is 6.61 Å². The number of allylic oxidation sites excluding steroid dienone is 1. The molecule has 1 aliphatic rings. The number of aliphatic hydroxyl groups is 1. The normalized spacial score (nSPS) is 19.7. The molecule has 0 bridgehead atoms. The highest BCUT2D eigenvalue weighted by Gasteiger charge is 2.53. The lowest BCUT2D eigenvalue weighted by Gasteiger charge is -2.32. The zero-order chi connectivity index (χ0) is 18.0. The molecule has 130 valence electrons. The predicted molar refractivity (Wildman–Crippen MR) is 97.3 cm³/mol. The van der Waals surface area contributed by atoms with Crippen molar-refractivity contribution in [2.45, 2.75) is 58.7 Å². The molecule has 0 radical (unpaired) electrons. The van der Waals surface area contributed by atoms with Crippen molar-refractivity contribution in [3.8, 4) is 11.8 Å². The predicted octanol–water partition coefficient (Wildman–Crippen LogP) is 4.20. The number of halogens is 1. The van der Waals surface area contributed by atoms with Crippen LogP contribution in [0.2, 0.25) is 0 Å². The Morgan fingerprint density at radius 1 is 1.25 bits per heavy atom. The first-order valence-electron chi connectivity index (χ1n) is 8.10. The highest BCUT2D eigenvalue weighted by Crippen LogP contribution is 2.40. The van der Waals surface area contributed by atoms with Crippen LogP contribution in [-0.2, 0) is 9.31 Å². The van der Waals surface area contributed by atoms with Gasteiger partial charge in [0, 0.05) is 17.9 Å². The molecule has 2 heterocycles. The second-order valence-electron chi connectivity index (χ2n) is 6.85. The highest BCUT2D eigenvalue weighted by molar-refractivity contribution is 7.13. The lowest BCUT2D eigenvalue weighted by atomic mass is 9.84. The first kappa shape index (κ1) is 19.2. The molecule has 3 nitrogen and oxygen atoms in total. The van der Waals surface area contributed by atoms with Crippen LogP contribution in [0.3, 0.4) is 0 Å². The molecule has 24 heavy (non-hydrogen) atoms. The Morgan fingerprint density at radius 2 is 1.88 bits per heavy atom. The van der Waals surface area contributed by atoms with E-state index in [9.17, 15) is 4.39 Å². The fraction of sp³-hybridized carbons (Fsp3) is 0.556. The van der Waals surface area contributed by atoms with Crippen LogP contribution in [0.25, 0.3) is 5.57 Å². The lowest BCUT2D eigenvalue weighted by molar-refractivity contribution is 0.00578. The Morgan fingerprint density at radius 3 is 2.46 bits per heavy atom. The third kappa shape index (κ3) is 4.09. The standard InChI is InChI=1S/C18H24BFO3S/c1-13(15-11-10-14(24-15)9-7-6-8-12-21)16(20)19-22-17(2,3)18(4,5)23-19/h10-11,21H,6,8,12H2,1-5H3. The summed E-state index contributed by atoms with van der Waals surface area (Å²) in [6.07, 6.45) is 1.32. The van der Waals surface area contributed by atoms with E-state index in [4.69, 9.17) is 14.4 Å². The van der Waals surface area contributed by atoms with E-state index in [0.717, 1.165) is 9.75 Å². The molecule has 0 saturated carbocycles. The van der Waals surface area contributed by atoms with Gasteiger partial charge in [-0.2, -0.15) is 0 Å². The fourth-order valence-corrected chi connectivity index (χ4v) is 3.05. The van der Waals surface area contributed by atoms with Crippen molar-refractivity contribution in [1.29, 1.82) is 0 Å². The summed E-state index contributed by atoms with van der Waals surface area (Å²) in [6, 6.07) is 3.74. The van der Waals surface area contributed by atoms with Crippen molar-refractivity contribution in [1.82, 2.24) is 0 Å². The molecule has 0 amide bonds. The van der Waals surface area contributed by atoms with Gasteiger partial charge in [-0.25, -0.2) is 4.39 Å². The van der Waals surface area contributed by atoms with Crippen LogP contribution >= 0.6 is 11.3 Å². The van der Waals surface area contributed by atoms with E-state index in [-0.39, 0.29) is 6.61 Å². The van der Waals surface area contributed by atoms with Crippen LogP contribution in [0.4, 0.5) is 4.39 Å². The van der Waals surface area contributed by atoms with Crippen molar-refractivity contribution in [3.63, 3.8) is 0 Å². The van der Waals surface area contributed by atoms with Gasteiger partial charge in [0.15, 0.2) is 0 Å². The Bertz CT molecular complexity index is 666. The monoisotopic (exact) mass is 350 g/mol. The van der Waals surface area contributed by atoms with Crippen molar-refractivity contribution in [2.24, 2.45) is 0 Å². The van der Waals surface area contributed by atoms with Gasteiger partial charge < -0.3 is 14.4 Å². The fourth-order valence-electron chi connectivity index (χ4n) is 2.16. The maximum atomic E-state index is 14.8. The van der Waals surface area contributed by atoms with Gasteiger partial charge in [-0.1, -0.05) is 11.8 Å². The molecule has 1 aromatic heterocycles. The third-order valence-corrected chi connectivity index (χ3v) is 5.59. The molecule has 0 spiro atoms. The summed E-state index contributed by atoms with van der Waals surface area (Å²) in [7, 11) is -0.976. The third-order valence-electron chi connectivity index (χ3n) is 4.47. The van der Waals surface area contributed by atoms with Crippen LogP contribution in [0.15, 0.2) is 17.9 Å². The molecular weight excluding hydrogens is 326 g/mol. The zero-order valence-electron chi connectivity index (χ0n) is 14.9. The average Bonchev–Trinajstić information content (AvgIpc) is 3.05. The van der Waals surface area contributed by atoms with E-state index in [0.29, 0.717) is 18.4 Å². The van der Waals surface area contributed by atoms with E-state index >= 15 is 0 Å². The van der Waals surface area contributed by atoms with E-state index in [1.54, 1.807) is 6.92 Å². The molecule has 1 aliphatic heterocycles. The van der Waals surface area contributed by atoms with Gasteiger partial charge in [0.05, 0.1) is 16.1 Å². The van der Waals surface area contributed by atoms with E-state index < -0.39 is 24.0 Å². The Labute approximate surface area is 148 Å². The molecule has 1 fully saturated rings. The van der Waals surface area contributed by atoms with Gasteiger partial charge in [0.25, 0.3) is 0 Å². The summed E-state index contributed by atoms with van der Waals surface area (Å²) < 4.78 is 26.3. The minimum atomic E-state index is -0.976. The minimum absolute atomic E-state index is 0.144. The number of rotatable bonds is 4. The number of aliphatic hydroxyl groups excluding tert-OH is 1. The number of unbranched alkanes of at least 4 members (excludes halogenated alkanes) is 1. The Balaban J connectivity index is 2.15.